The van der Waals surface area contributed by atoms with Crippen molar-refractivity contribution >= 4 is 0 Å². The molecule has 0 bridgehead atoms. The van der Waals surface area contributed by atoms with Crippen LogP contribution in [0.3, 0.4) is 0 Å². The lowest BCUT2D eigenvalue weighted by molar-refractivity contribution is 0.573. The highest BCUT2D eigenvalue weighted by Gasteiger charge is 2.22. The molecule has 1 aromatic heterocycles. The SMILES string of the molecule is c1ccc(-c2ccc(C(c3ccccc3)c3ccccc3)c(-c3ncco3)c2)cc1. The first kappa shape index (κ1) is 18.1. The lowest BCUT2D eigenvalue weighted by atomic mass is 9.82. The molecule has 4 aromatic carbocycles. The minimum atomic E-state index is 0.0825. The molecule has 0 radical (unpaired) electrons. The molecule has 0 spiro atoms. The van der Waals surface area contributed by atoms with Crippen molar-refractivity contribution in [3.63, 3.8) is 0 Å². The molecule has 30 heavy (non-hydrogen) atoms. The van der Waals surface area contributed by atoms with E-state index in [2.05, 4.69) is 108 Å². The minimum Gasteiger partial charge on any atom is -0.445 e. The molecule has 0 saturated heterocycles. The van der Waals surface area contributed by atoms with Gasteiger partial charge in [-0.25, -0.2) is 4.98 Å². The van der Waals surface area contributed by atoms with E-state index in [1.807, 2.05) is 6.07 Å². The van der Waals surface area contributed by atoms with E-state index in [1.165, 1.54) is 22.3 Å². The molecular formula is C28H21NO. The smallest absolute Gasteiger partial charge is 0.226 e. The Morgan fingerprint density at radius 2 is 1.20 bits per heavy atom. The molecule has 144 valence electrons. The maximum atomic E-state index is 5.76. The van der Waals surface area contributed by atoms with Crippen molar-refractivity contribution in [2.45, 2.75) is 5.92 Å². The van der Waals surface area contributed by atoms with Gasteiger partial charge >= 0.3 is 0 Å². The zero-order valence-electron chi connectivity index (χ0n) is 16.5. The summed E-state index contributed by atoms with van der Waals surface area (Å²) < 4.78 is 5.76. The standard InChI is InChI=1S/C28H21NO/c1-4-10-21(11-5-1)24-16-17-25(26(20-24)28-29-18-19-30-28)27(22-12-6-2-7-13-22)23-14-8-3-9-15-23/h1-20,27H. The van der Waals surface area contributed by atoms with Crippen molar-refractivity contribution in [1.82, 2.24) is 4.98 Å². The van der Waals surface area contributed by atoms with Gasteiger partial charge in [-0.3, -0.25) is 0 Å². The van der Waals surface area contributed by atoms with Gasteiger partial charge < -0.3 is 4.42 Å². The Bertz CT molecular complexity index is 1170. The van der Waals surface area contributed by atoms with Gasteiger partial charge in [0.2, 0.25) is 5.89 Å². The Morgan fingerprint density at radius 1 is 0.600 bits per heavy atom. The first-order valence-electron chi connectivity index (χ1n) is 10.1. The predicted octanol–water partition coefficient (Wildman–Crippen LogP) is 7.19. The van der Waals surface area contributed by atoms with Gasteiger partial charge in [0.1, 0.15) is 6.26 Å². The number of hydrogen-bond acceptors (Lipinski definition) is 2. The second-order valence-electron chi connectivity index (χ2n) is 7.26. The molecule has 0 saturated carbocycles. The summed E-state index contributed by atoms with van der Waals surface area (Å²) in [6.45, 7) is 0. The molecule has 5 rings (SSSR count). The van der Waals surface area contributed by atoms with E-state index < -0.39 is 0 Å². The van der Waals surface area contributed by atoms with Gasteiger partial charge in [-0.15, -0.1) is 0 Å². The van der Waals surface area contributed by atoms with Gasteiger partial charge in [0.25, 0.3) is 0 Å². The molecule has 0 aliphatic heterocycles. The Morgan fingerprint density at radius 3 is 1.77 bits per heavy atom. The van der Waals surface area contributed by atoms with Crippen molar-refractivity contribution in [2.24, 2.45) is 0 Å². The van der Waals surface area contributed by atoms with Crippen LogP contribution in [-0.2, 0) is 0 Å². The summed E-state index contributed by atoms with van der Waals surface area (Å²) >= 11 is 0. The van der Waals surface area contributed by atoms with Crippen molar-refractivity contribution in [3.8, 4) is 22.6 Å². The Labute approximate surface area is 176 Å². The monoisotopic (exact) mass is 387 g/mol. The summed E-state index contributed by atoms with van der Waals surface area (Å²) in [7, 11) is 0. The van der Waals surface area contributed by atoms with Gasteiger partial charge in [-0.1, -0.05) is 103 Å². The molecule has 0 unspecified atom stereocenters. The highest BCUT2D eigenvalue weighted by atomic mass is 16.3. The van der Waals surface area contributed by atoms with Crippen LogP contribution >= 0.6 is 0 Å². The summed E-state index contributed by atoms with van der Waals surface area (Å²) in [5.74, 6) is 0.721. The molecule has 1 heterocycles. The second-order valence-corrected chi connectivity index (χ2v) is 7.26. The van der Waals surface area contributed by atoms with Gasteiger partial charge in [-0.05, 0) is 33.9 Å². The quantitative estimate of drug-likeness (QED) is 0.298. The van der Waals surface area contributed by atoms with Crippen LogP contribution < -0.4 is 0 Å². The van der Waals surface area contributed by atoms with Crippen LogP contribution in [-0.4, -0.2) is 4.98 Å². The van der Waals surface area contributed by atoms with Gasteiger partial charge in [-0.2, -0.15) is 0 Å². The highest BCUT2D eigenvalue weighted by Crippen LogP contribution is 2.39. The van der Waals surface area contributed by atoms with E-state index in [1.54, 1.807) is 12.5 Å². The van der Waals surface area contributed by atoms with E-state index in [-0.39, 0.29) is 5.92 Å². The lowest BCUT2D eigenvalue weighted by Crippen LogP contribution is -2.05. The van der Waals surface area contributed by atoms with E-state index in [0.717, 1.165) is 11.1 Å². The van der Waals surface area contributed by atoms with E-state index in [4.69, 9.17) is 4.42 Å². The van der Waals surface area contributed by atoms with E-state index >= 15 is 0 Å². The van der Waals surface area contributed by atoms with Crippen molar-refractivity contribution in [2.75, 3.05) is 0 Å². The van der Waals surface area contributed by atoms with Gasteiger partial charge in [0, 0.05) is 11.5 Å². The summed E-state index contributed by atoms with van der Waals surface area (Å²) in [5.41, 5.74) is 6.99. The van der Waals surface area contributed by atoms with Crippen LogP contribution in [0, 0.1) is 0 Å². The van der Waals surface area contributed by atoms with Gasteiger partial charge in [0.15, 0.2) is 0 Å². The number of rotatable bonds is 5. The van der Waals surface area contributed by atoms with Gasteiger partial charge in [0.05, 0.1) is 6.20 Å². The number of benzene rings is 4. The van der Waals surface area contributed by atoms with E-state index in [9.17, 15) is 0 Å². The third kappa shape index (κ3) is 3.56. The van der Waals surface area contributed by atoms with Crippen LogP contribution in [0.2, 0.25) is 0 Å². The molecule has 5 aromatic rings. The van der Waals surface area contributed by atoms with Crippen LogP contribution in [0.5, 0.6) is 0 Å². The average Bonchev–Trinajstić information content (AvgIpc) is 3.36. The van der Waals surface area contributed by atoms with Crippen molar-refractivity contribution in [1.29, 1.82) is 0 Å². The van der Waals surface area contributed by atoms with Crippen LogP contribution in [0.1, 0.15) is 22.6 Å². The van der Waals surface area contributed by atoms with E-state index in [0.29, 0.717) is 5.89 Å². The minimum absolute atomic E-state index is 0.0825. The maximum Gasteiger partial charge on any atom is 0.226 e. The number of nitrogens with zero attached hydrogens (tertiary/aromatic N) is 1. The Balaban J connectivity index is 1.73. The molecule has 0 aliphatic rings. The number of hydrogen-bond donors (Lipinski definition) is 0. The molecule has 0 fully saturated rings. The molecule has 0 atom stereocenters. The number of aromatic nitrogens is 1. The molecule has 0 amide bonds. The van der Waals surface area contributed by atoms with Crippen molar-refractivity contribution in [3.05, 3.63) is 138 Å². The lowest BCUT2D eigenvalue weighted by Gasteiger charge is -2.22. The summed E-state index contributed by atoms with van der Waals surface area (Å²) in [5, 5.41) is 0. The topological polar surface area (TPSA) is 26.0 Å². The second kappa shape index (κ2) is 8.22. The average molecular weight is 387 g/mol. The molecule has 2 nitrogen and oxygen atoms in total. The summed E-state index contributed by atoms with van der Waals surface area (Å²) in [6, 6.07) is 38.2. The fourth-order valence-electron chi connectivity index (χ4n) is 4.00. The first-order chi connectivity index (χ1) is 14.9. The first-order valence-corrected chi connectivity index (χ1v) is 10.1. The third-order valence-corrected chi connectivity index (χ3v) is 5.40. The summed E-state index contributed by atoms with van der Waals surface area (Å²) in [4.78, 5) is 4.48. The molecular weight excluding hydrogens is 366 g/mol. The van der Waals surface area contributed by atoms with Crippen molar-refractivity contribution < 1.29 is 4.42 Å². The van der Waals surface area contributed by atoms with Crippen LogP contribution in [0.25, 0.3) is 22.6 Å². The molecule has 0 N–H and O–H groups in total. The zero-order valence-corrected chi connectivity index (χ0v) is 16.5. The fourth-order valence-corrected chi connectivity index (χ4v) is 4.00. The third-order valence-electron chi connectivity index (χ3n) is 5.40. The normalized spacial score (nSPS) is 11.0. The number of oxazole rings is 1. The highest BCUT2D eigenvalue weighted by molar-refractivity contribution is 5.73. The molecule has 0 aliphatic carbocycles. The fraction of sp³-hybridized carbons (Fsp3) is 0.0357. The zero-order chi connectivity index (χ0) is 20.2. The molecule has 2 heteroatoms. The largest absolute Gasteiger partial charge is 0.445 e. The Kier molecular flexibility index (Phi) is 4.97. The Hall–Kier alpha value is -3.91. The van der Waals surface area contributed by atoms with Crippen LogP contribution in [0.4, 0.5) is 0 Å². The maximum absolute atomic E-state index is 5.76. The van der Waals surface area contributed by atoms with Crippen LogP contribution in [0.15, 0.2) is 126 Å². The summed E-state index contributed by atoms with van der Waals surface area (Å²) in [6.07, 6.45) is 3.34. The predicted molar refractivity (Wildman–Crippen MR) is 121 cm³/mol.